The summed E-state index contributed by atoms with van der Waals surface area (Å²) in [5.41, 5.74) is 8.29. The molecule has 1 aromatic rings. The number of hydrogen-bond donors (Lipinski definition) is 2. The van der Waals surface area contributed by atoms with Crippen LogP contribution in [-0.4, -0.2) is 18.5 Å². The van der Waals surface area contributed by atoms with Crippen LogP contribution in [0.3, 0.4) is 0 Å². The number of carbonyl (C=O) groups is 1. The highest BCUT2D eigenvalue weighted by Crippen LogP contribution is 2.26. The summed E-state index contributed by atoms with van der Waals surface area (Å²) < 4.78 is 0. The fourth-order valence-corrected chi connectivity index (χ4v) is 3.30. The van der Waals surface area contributed by atoms with Gasteiger partial charge in [0.15, 0.2) is 0 Å². The molecule has 110 valence electrons. The van der Waals surface area contributed by atoms with Gasteiger partial charge in [0.1, 0.15) is 0 Å². The Morgan fingerprint density at radius 2 is 2.15 bits per heavy atom. The highest BCUT2D eigenvalue weighted by molar-refractivity contribution is 5.77. The van der Waals surface area contributed by atoms with Crippen molar-refractivity contribution in [3.05, 3.63) is 35.4 Å². The van der Waals surface area contributed by atoms with Crippen LogP contribution in [0.2, 0.25) is 0 Å². The largest absolute Gasteiger partial charge is 0.353 e. The van der Waals surface area contributed by atoms with E-state index < -0.39 is 0 Å². The molecule has 0 heterocycles. The van der Waals surface area contributed by atoms with Crippen molar-refractivity contribution in [2.45, 2.75) is 51.5 Å². The maximum Gasteiger partial charge on any atom is 0.220 e. The minimum absolute atomic E-state index is 0.158. The van der Waals surface area contributed by atoms with E-state index in [9.17, 15) is 4.79 Å². The van der Waals surface area contributed by atoms with Gasteiger partial charge in [0.25, 0.3) is 0 Å². The Morgan fingerprint density at radius 3 is 2.85 bits per heavy atom. The molecule has 3 atom stereocenters. The van der Waals surface area contributed by atoms with Gasteiger partial charge in [-0.05, 0) is 49.3 Å². The number of hydrogen-bond acceptors (Lipinski definition) is 2. The molecule has 1 aromatic carbocycles. The van der Waals surface area contributed by atoms with E-state index in [-0.39, 0.29) is 17.9 Å². The summed E-state index contributed by atoms with van der Waals surface area (Å²) in [6.07, 6.45) is 3.96. The standard InChI is InChI=1S/C17H26N2O/c1-12-6-3-4-8-15(12)13(2)10-17(20)19-16-9-5-7-14(16)11-18/h3-4,6,8,13-14,16H,5,7,9-11,18H2,1-2H3,(H,19,20). The molecule has 1 saturated carbocycles. The van der Waals surface area contributed by atoms with Crippen molar-refractivity contribution < 1.29 is 4.79 Å². The van der Waals surface area contributed by atoms with Crippen LogP contribution in [0.1, 0.15) is 49.7 Å². The zero-order valence-corrected chi connectivity index (χ0v) is 12.6. The van der Waals surface area contributed by atoms with Crippen molar-refractivity contribution in [3.8, 4) is 0 Å². The van der Waals surface area contributed by atoms with Crippen molar-refractivity contribution in [3.63, 3.8) is 0 Å². The monoisotopic (exact) mass is 274 g/mol. The molecule has 0 aliphatic heterocycles. The number of benzene rings is 1. The molecule has 20 heavy (non-hydrogen) atoms. The van der Waals surface area contributed by atoms with Crippen molar-refractivity contribution in [1.82, 2.24) is 5.32 Å². The van der Waals surface area contributed by atoms with E-state index in [2.05, 4.69) is 31.3 Å². The maximum absolute atomic E-state index is 12.2. The summed E-state index contributed by atoms with van der Waals surface area (Å²) in [6.45, 7) is 4.90. The highest BCUT2D eigenvalue weighted by Gasteiger charge is 2.27. The molecule has 3 unspecified atom stereocenters. The number of carbonyl (C=O) groups excluding carboxylic acids is 1. The summed E-state index contributed by atoms with van der Waals surface area (Å²) in [5.74, 6) is 0.882. The van der Waals surface area contributed by atoms with Gasteiger partial charge in [-0.15, -0.1) is 0 Å². The Balaban J connectivity index is 1.90. The first-order valence-electron chi connectivity index (χ1n) is 7.66. The summed E-state index contributed by atoms with van der Waals surface area (Å²) in [6, 6.07) is 8.58. The highest BCUT2D eigenvalue weighted by atomic mass is 16.1. The van der Waals surface area contributed by atoms with Crippen molar-refractivity contribution in [2.75, 3.05) is 6.54 Å². The summed E-state index contributed by atoms with van der Waals surface area (Å²) in [5, 5.41) is 3.18. The van der Waals surface area contributed by atoms with Crippen molar-refractivity contribution in [1.29, 1.82) is 0 Å². The van der Waals surface area contributed by atoms with Crippen LogP contribution in [0.15, 0.2) is 24.3 Å². The molecule has 3 N–H and O–H groups in total. The maximum atomic E-state index is 12.2. The number of aryl methyl sites for hydroxylation is 1. The average molecular weight is 274 g/mol. The molecule has 1 amide bonds. The van der Waals surface area contributed by atoms with Gasteiger partial charge in [-0.25, -0.2) is 0 Å². The first-order valence-corrected chi connectivity index (χ1v) is 7.66. The lowest BCUT2D eigenvalue weighted by Gasteiger charge is -2.21. The number of nitrogens with one attached hydrogen (secondary N) is 1. The first kappa shape index (κ1) is 15.0. The third-order valence-electron chi connectivity index (χ3n) is 4.52. The lowest BCUT2D eigenvalue weighted by Crippen LogP contribution is -2.40. The number of amides is 1. The molecular weight excluding hydrogens is 248 g/mol. The summed E-state index contributed by atoms with van der Waals surface area (Å²) >= 11 is 0. The second kappa shape index (κ2) is 6.89. The number of rotatable bonds is 5. The van der Waals surface area contributed by atoms with Crippen LogP contribution < -0.4 is 11.1 Å². The molecule has 1 fully saturated rings. The van der Waals surface area contributed by atoms with E-state index in [1.807, 2.05) is 12.1 Å². The topological polar surface area (TPSA) is 55.1 Å². The molecule has 0 spiro atoms. The molecular formula is C17H26N2O. The van der Waals surface area contributed by atoms with E-state index in [0.717, 1.165) is 12.8 Å². The van der Waals surface area contributed by atoms with Gasteiger partial charge in [-0.2, -0.15) is 0 Å². The van der Waals surface area contributed by atoms with Crippen molar-refractivity contribution >= 4 is 5.91 Å². The second-order valence-corrected chi connectivity index (χ2v) is 6.06. The normalized spacial score (nSPS) is 23.6. The van der Waals surface area contributed by atoms with Gasteiger partial charge in [0.05, 0.1) is 0 Å². The van der Waals surface area contributed by atoms with Crippen LogP contribution in [0.5, 0.6) is 0 Å². The molecule has 0 aromatic heterocycles. The fourth-order valence-electron chi connectivity index (χ4n) is 3.30. The molecule has 3 nitrogen and oxygen atoms in total. The predicted molar refractivity (Wildman–Crippen MR) is 82.5 cm³/mol. The first-order chi connectivity index (χ1) is 9.61. The van der Waals surface area contributed by atoms with Gasteiger partial charge >= 0.3 is 0 Å². The average Bonchev–Trinajstić information content (AvgIpc) is 2.86. The Kier molecular flexibility index (Phi) is 5.18. The summed E-state index contributed by atoms with van der Waals surface area (Å²) in [7, 11) is 0. The second-order valence-electron chi connectivity index (χ2n) is 6.06. The van der Waals surface area contributed by atoms with E-state index in [1.165, 1.54) is 17.5 Å². The van der Waals surface area contributed by atoms with E-state index in [0.29, 0.717) is 18.9 Å². The van der Waals surface area contributed by atoms with Crippen LogP contribution in [0.25, 0.3) is 0 Å². The lowest BCUT2D eigenvalue weighted by atomic mass is 9.93. The molecule has 2 rings (SSSR count). The van der Waals surface area contributed by atoms with Crippen LogP contribution >= 0.6 is 0 Å². The minimum Gasteiger partial charge on any atom is -0.353 e. The quantitative estimate of drug-likeness (QED) is 0.867. The Bertz CT molecular complexity index is 458. The third-order valence-corrected chi connectivity index (χ3v) is 4.52. The summed E-state index contributed by atoms with van der Waals surface area (Å²) in [4.78, 5) is 12.2. The lowest BCUT2D eigenvalue weighted by molar-refractivity contribution is -0.122. The van der Waals surface area contributed by atoms with E-state index in [4.69, 9.17) is 5.73 Å². The molecule has 0 bridgehead atoms. The predicted octanol–water partition coefficient (Wildman–Crippen LogP) is 2.73. The fraction of sp³-hybridized carbons (Fsp3) is 0.588. The van der Waals surface area contributed by atoms with Crippen LogP contribution in [-0.2, 0) is 4.79 Å². The molecule has 1 aliphatic rings. The van der Waals surface area contributed by atoms with Crippen molar-refractivity contribution in [2.24, 2.45) is 11.7 Å². The molecule has 3 heteroatoms. The van der Waals surface area contributed by atoms with Gasteiger partial charge in [-0.3, -0.25) is 4.79 Å². The molecule has 0 radical (unpaired) electrons. The van der Waals surface area contributed by atoms with Gasteiger partial charge in [-0.1, -0.05) is 37.6 Å². The van der Waals surface area contributed by atoms with Gasteiger partial charge in [0, 0.05) is 12.5 Å². The molecule has 1 aliphatic carbocycles. The zero-order chi connectivity index (χ0) is 14.5. The minimum atomic E-state index is 0.158. The van der Waals surface area contributed by atoms with E-state index >= 15 is 0 Å². The Labute approximate surface area is 121 Å². The Hall–Kier alpha value is -1.35. The number of nitrogens with two attached hydrogens (primary N) is 1. The third kappa shape index (κ3) is 3.60. The van der Waals surface area contributed by atoms with Crippen LogP contribution in [0, 0.1) is 12.8 Å². The smallest absolute Gasteiger partial charge is 0.220 e. The van der Waals surface area contributed by atoms with Crippen LogP contribution in [0.4, 0.5) is 0 Å². The molecule has 0 saturated heterocycles. The SMILES string of the molecule is Cc1ccccc1C(C)CC(=O)NC1CCCC1CN. The Morgan fingerprint density at radius 1 is 1.40 bits per heavy atom. The van der Waals surface area contributed by atoms with Gasteiger partial charge < -0.3 is 11.1 Å². The zero-order valence-electron chi connectivity index (χ0n) is 12.6. The van der Waals surface area contributed by atoms with E-state index in [1.54, 1.807) is 0 Å². The van der Waals surface area contributed by atoms with Gasteiger partial charge in [0.2, 0.25) is 5.91 Å².